The summed E-state index contributed by atoms with van der Waals surface area (Å²) < 4.78 is 0. The number of nitrogens with zero attached hydrogens (tertiary/aromatic N) is 2. The highest BCUT2D eigenvalue weighted by Crippen LogP contribution is 2.44. The third kappa shape index (κ3) is 3.58. The SMILES string of the molecule is O=C(NC1CCN(Cc2ccccn2)CC1)[C@@]12CCCC[C@H]1CNC2. The molecule has 1 saturated carbocycles. The summed E-state index contributed by atoms with van der Waals surface area (Å²) >= 11 is 0. The van der Waals surface area contributed by atoms with E-state index in [1.54, 1.807) is 0 Å². The standard InChI is InChI=1S/C20H30N4O/c25-19(20-9-3-1-5-16(20)13-21-15-20)23-17-7-11-24(12-8-17)14-18-6-2-4-10-22-18/h2,4,6,10,16-17,21H,1,3,5,7-9,11-15H2,(H,23,25)/t16-,20+/m0/s1. The van der Waals surface area contributed by atoms with E-state index in [0.29, 0.717) is 17.9 Å². The Bertz CT molecular complexity index is 585. The van der Waals surface area contributed by atoms with Crippen molar-refractivity contribution in [1.82, 2.24) is 20.5 Å². The third-order valence-corrected chi connectivity index (χ3v) is 6.52. The lowest BCUT2D eigenvalue weighted by atomic mass is 9.67. The van der Waals surface area contributed by atoms with Gasteiger partial charge in [-0.2, -0.15) is 0 Å². The first-order chi connectivity index (χ1) is 12.3. The van der Waals surface area contributed by atoms with Gasteiger partial charge in [-0.1, -0.05) is 18.9 Å². The molecule has 1 amide bonds. The number of carbonyl (C=O) groups is 1. The molecule has 2 atom stereocenters. The molecule has 2 saturated heterocycles. The molecule has 2 aliphatic heterocycles. The van der Waals surface area contributed by atoms with Gasteiger partial charge in [-0.05, 0) is 50.3 Å². The van der Waals surface area contributed by atoms with E-state index in [2.05, 4.69) is 26.6 Å². The first-order valence-electron chi connectivity index (χ1n) is 9.90. The Hall–Kier alpha value is -1.46. The molecule has 3 heterocycles. The Morgan fingerprint density at radius 3 is 2.96 bits per heavy atom. The van der Waals surface area contributed by atoms with Gasteiger partial charge in [0.2, 0.25) is 5.91 Å². The maximum atomic E-state index is 13.1. The van der Waals surface area contributed by atoms with Crippen LogP contribution in [0.5, 0.6) is 0 Å². The normalized spacial score (nSPS) is 30.8. The van der Waals surface area contributed by atoms with Crippen LogP contribution in [0, 0.1) is 11.3 Å². The molecular weight excluding hydrogens is 312 g/mol. The largest absolute Gasteiger partial charge is 0.353 e. The van der Waals surface area contributed by atoms with Crippen molar-refractivity contribution in [2.75, 3.05) is 26.2 Å². The highest BCUT2D eigenvalue weighted by Gasteiger charge is 2.50. The van der Waals surface area contributed by atoms with Crippen LogP contribution in [-0.4, -0.2) is 48.0 Å². The van der Waals surface area contributed by atoms with Crippen molar-refractivity contribution in [3.63, 3.8) is 0 Å². The Morgan fingerprint density at radius 1 is 1.28 bits per heavy atom. The van der Waals surface area contributed by atoms with Gasteiger partial charge in [0.05, 0.1) is 11.1 Å². The summed E-state index contributed by atoms with van der Waals surface area (Å²) in [7, 11) is 0. The summed E-state index contributed by atoms with van der Waals surface area (Å²) in [5, 5.41) is 6.90. The zero-order chi connectivity index (χ0) is 17.1. The fourth-order valence-corrected chi connectivity index (χ4v) is 4.98. The molecule has 5 heteroatoms. The Kier molecular flexibility index (Phi) is 5.04. The molecule has 0 aromatic carbocycles. The molecule has 5 nitrogen and oxygen atoms in total. The van der Waals surface area contributed by atoms with Crippen LogP contribution in [0.2, 0.25) is 0 Å². The van der Waals surface area contributed by atoms with Gasteiger partial charge < -0.3 is 10.6 Å². The van der Waals surface area contributed by atoms with Gasteiger partial charge in [-0.3, -0.25) is 14.7 Å². The molecule has 0 spiro atoms. The minimum Gasteiger partial charge on any atom is -0.353 e. The van der Waals surface area contributed by atoms with E-state index in [9.17, 15) is 4.79 Å². The number of carbonyl (C=O) groups excluding carboxylic acids is 1. The zero-order valence-electron chi connectivity index (χ0n) is 15.0. The highest BCUT2D eigenvalue weighted by molar-refractivity contribution is 5.84. The average Bonchev–Trinajstić information content (AvgIpc) is 3.10. The van der Waals surface area contributed by atoms with Crippen molar-refractivity contribution in [1.29, 1.82) is 0 Å². The van der Waals surface area contributed by atoms with Crippen molar-refractivity contribution in [2.24, 2.45) is 11.3 Å². The predicted molar refractivity (Wildman–Crippen MR) is 97.9 cm³/mol. The Labute approximate surface area is 150 Å². The summed E-state index contributed by atoms with van der Waals surface area (Å²) in [6.45, 7) is 4.89. The van der Waals surface area contributed by atoms with E-state index in [0.717, 1.165) is 57.7 Å². The predicted octanol–water partition coefficient (Wildman–Crippen LogP) is 1.94. The molecule has 136 valence electrons. The number of likely N-dealkylation sites (tertiary alicyclic amines) is 1. The number of pyridine rings is 1. The number of hydrogen-bond donors (Lipinski definition) is 2. The van der Waals surface area contributed by atoms with E-state index in [4.69, 9.17) is 0 Å². The molecule has 0 radical (unpaired) electrons. The molecule has 4 rings (SSSR count). The lowest BCUT2D eigenvalue weighted by Gasteiger charge is -2.39. The second kappa shape index (κ2) is 7.42. The molecule has 2 N–H and O–H groups in total. The second-order valence-corrected chi connectivity index (χ2v) is 8.07. The van der Waals surface area contributed by atoms with Crippen LogP contribution < -0.4 is 10.6 Å². The molecule has 1 aliphatic carbocycles. The molecular formula is C20H30N4O. The lowest BCUT2D eigenvalue weighted by Crippen LogP contribution is -2.53. The van der Waals surface area contributed by atoms with Gasteiger partial charge in [0.15, 0.2) is 0 Å². The Morgan fingerprint density at radius 2 is 2.16 bits per heavy atom. The van der Waals surface area contributed by atoms with Crippen LogP contribution in [-0.2, 0) is 11.3 Å². The zero-order valence-corrected chi connectivity index (χ0v) is 15.0. The number of nitrogens with one attached hydrogen (secondary N) is 2. The van der Waals surface area contributed by atoms with Crippen LogP contribution >= 0.6 is 0 Å². The van der Waals surface area contributed by atoms with Gasteiger partial charge in [-0.15, -0.1) is 0 Å². The monoisotopic (exact) mass is 342 g/mol. The molecule has 0 unspecified atom stereocenters. The summed E-state index contributed by atoms with van der Waals surface area (Å²) in [6.07, 6.45) is 8.72. The fourth-order valence-electron chi connectivity index (χ4n) is 4.98. The van der Waals surface area contributed by atoms with E-state index < -0.39 is 0 Å². The van der Waals surface area contributed by atoms with E-state index in [1.807, 2.05) is 18.3 Å². The molecule has 1 aromatic rings. The molecule has 0 bridgehead atoms. The minimum absolute atomic E-state index is 0.122. The van der Waals surface area contributed by atoms with Crippen molar-refractivity contribution in [3.8, 4) is 0 Å². The quantitative estimate of drug-likeness (QED) is 0.878. The van der Waals surface area contributed by atoms with Gasteiger partial charge >= 0.3 is 0 Å². The van der Waals surface area contributed by atoms with Crippen molar-refractivity contribution in [2.45, 2.75) is 51.1 Å². The lowest BCUT2D eigenvalue weighted by molar-refractivity contribution is -0.135. The molecule has 25 heavy (non-hydrogen) atoms. The Balaban J connectivity index is 1.29. The second-order valence-electron chi connectivity index (χ2n) is 8.07. The number of aromatic nitrogens is 1. The number of fused-ring (bicyclic) bond motifs is 1. The fraction of sp³-hybridized carbons (Fsp3) is 0.700. The molecule has 3 fully saturated rings. The molecule has 1 aromatic heterocycles. The third-order valence-electron chi connectivity index (χ3n) is 6.52. The summed E-state index contributed by atoms with van der Waals surface area (Å²) in [5.41, 5.74) is 1.01. The number of rotatable bonds is 4. The van der Waals surface area contributed by atoms with Gasteiger partial charge in [0.25, 0.3) is 0 Å². The van der Waals surface area contributed by atoms with Crippen LogP contribution in [0.15, 0.2) is 24.4 Å². The maximum absolute atomic E-state index is 13.1. The summed E-state index contributed by atoms with van der Waals surface area (Å²) in [5.74, 6) is 0.871. The average molecular weight is 342 g/mol. The number of hydrogen-bond acceptors (Lipinski definition) is 4. The topological polar surface area (TPSA) is 57.3 Å². The van der Waals surface area contributed by atoms with Gasteiger partial charge in [-0.25, -0.2) is 0 Å². The van der Waals surface area contributed by atoms with Crippen molar-refractivity contribution < 1.29 is 4.79 Å². The van der Waals surface area contributed by atoms with Crippen LogP contribution in [0.4, 0.5) is 0 Å². The van der Waals surface area contributed by atoms with Crippen molar-refractivity contribution in [3.05, 3.63) is 30.1 Å². The van der Waals surface area contributed by atoms with Gasteiger partial charge in [0.1, 0.15) is 0 Å². The van der Waals surface area contributed by atoms with Gasteiger partial charge in [0, 0.05) is 38.4 Å². The number of amides is 1. The van der Waals surface area contributed by atoms with Crippen molar-refractivity contribution >= 4 is 5.91 Å². The van der Waals surface area contributed by atoms with E-state index >= 15 is 0 Å². The van der Waals surface area contributed by atoms with Crippen LogP contribution in [0.1, 0.15) is 44.2 Å². The summed E-state index contributed by atoms with van der Waals surface area (Å²) in [4.78, 5) is 19.9. The smallest absolute Gasteiger partial charge is 0.228 e. The molecule has 3 aliphatic rings. The van der Waals surface area contributed by atoms with E-state index in [-0.39, 0.29) is 5.41 Å². The van der Waals surface area contributed by atoms with E-state index in [1.165, 1.54) is 19.3 Å². The first-order valence-corrected chi connectivity index (χ1v) is 9.90. The van der Waals surface area contributed by atoms with Crippen LogP contribution in [0.25, 0.3) is 0 Å². The maximum Gasteiger partial charge on any atom is 0.228 e. The van der Waals surface area contributed by atoms with Crippen LogP contribution in [0.3, 0.4) is 0 Å². The minimum atomic E-state index is -0.122. The number of piperidine rings is 1. The summed E-state index contributed by atoms with van der Waals surface area (Å²) in [6, 6.07) is 6.43. The first kappa shape index (κ1) is 17.0. The highest BCUT2D eigenvalue weighted by atomic mass is 16.2.